The van der Waals surface area contributed by atoms with Crippen molar-refractivity contribution in [2.24, 2.45) is 0 Å². The summed E-state index contributed by atoms with van der Waals surface area (Å²) in [6, 6.07) is 8.25. The number of hydrogen-bond donors (Lipinski definition) is 2. The lowest BCUT2D eigenvalue weighted by atomic mass is 10.0. The van der Waals surface area contributed by atoms with Crippen LogP contribution in [0.1, 0.15) is 61.7 Å². The number of aromatic nitrogens is 3. The van der Waals surface area contributed by atoms with Crippen LogP contribution in [0.4, 0.5) is 5.95 Å². The fraction of sp³-hybridized carbons (Fsp3) is 0.526. The number of rotatable bonds is 5. The van der Waals surface area contributed by atoms with Crippen LogP contribution in [0.3, 0.4) is 0 Å². The van der Waals surface area contributed by atoms with E-state index in [1.807, 2.05) is 13.0 Å². The van der Waals surface area contributed by atoms with Crippen LogP contribution >= 0.6 is 0 Å². The van der Waals surface area contributed by atoms with E-state index in [4.69, 9.17) is 4.74 Å². The molecule has 2 heterocycles. The van der Waals surface area contributed by atoms with Crippen molar-refractivity contribution in [2.75, 3.05) is 18.5 Å². The number of nitrogens with zero attached hydrogens (tertiary/aromatic N) is 2. The highest BCUT2D eigenvalue weighted by molar-refractivity contribution is 5.35. The van der Waals surface area contributed by atoms with E-state index in [0.717, 1.165) is 5.56 Å². The first-order chi connectivity index (χ1) is 12.6. The highest BCUT2D eigenvalue weighted by Crippen LogP contribution is 2.40. The van der Waals surface area contributed by atoms with Crippen molar-refractivity contribution in [3.05, 3.63) is 56.4 Å². The summed E-state index contributed by atoms with van der Waals surface area (Å²) >= 11 is 0. The van der Waals surface area contributed by atoms with Crippen LogP contribution in [0.15, 0.2) is 33.9 Å². The van der Waals surface area contributed by atoms with E-state index < -0.39 is 11.4 Å². The predicted octanol–water partition coefficient (Wildman–Crippen LogP) is 2.33. The van der Waals surface area contributed by atoms with Crippen LogP contribution in [0.25, 0.3) is 0 Å². The highest BCUT2D eigenvalue weighted by Gasteiger charge is 2.24. The van der Waals surface area contributed by atoms with Gasteiger partial charge in [-0.1, -0.05) is 24.3 Å². The zero-order chi connectivity index (χ0) is 18.1. The van der Waals surface area contributed by atoms with Crippen LogP contribution in [-0.2, 0) is 4.74 Å². The van der Waals surface area contributed by atoms with Gasteiger partial charge in [0.1, 0.15) is 0 Å². The molecular formula is C19H24N4O3. The molecule has 1 aliphatic carbocycles. The summed E-state index contributed by atoms with van der Waals surface area (Å²) in [6.45, 7) is 3.12. The van der Waals surface area contributed by atoms with Gasteiger partial charge in [-0.25, -0.2) is 14.2 Å². The zero-order valence-electron chi connectivity index (χ0n) is 14.9. The molecule has 2 N–H and O–H groups in total. The Morgan fingerprint density at radius 2 is 2.00 bits per heavy atom. The summed E-state index contributed by atoms with van der Waals surface area (Å²) in [7, 11) is 0. The molecule has 26 heavy (non-hydrogen) atoms. The van der Waals surface area contributed by atoms with Gasteiger partial charge in [0.25, 0.3) is 0 Å². The molecule has 1 aliphatic heterocycles. The van der Waals surface area contributed by atoms with Crippen molar-refractivity contribution in [1.82, 2.24) is 14.5 Å². The fourth-order valence-corrected chi connectivity index (χ4v) is 3.55. The van der Waals surface area contributed by atoms with E-state index in [9.17, 15) is 9.59 Å². The minimum atomic E-state index is -0.512. The minimum absolute atomic E-state index is 0.0600. The lowest BCUT2D eigenvalue weighted by molar-refractivity contribution is 0.0670. The summed E-state index contributed by atoms with van der Waals surface area (Å²) in [6.07, 6.45) is 3.82. The minimum Gasteiger partial charge on any atom is -0.381 e. The Hall–Kier alpha value is -2.41. The first kappa shape index (κ1) is 17.0. The molecule has 7 heteroatoms. The van der Waals surface area contributed by atoms with Gasteiger partial charge in [-0.05, 0) is 49.7 Å². The summed E-state index contributed by atoms with van der Waals surface area (Å²) in [5.74, 6) is 0.899. The maximum absolute atomic E-state index is 12.4. The number of aromatic amines is 1. The molecule has 0 spiro atoms. The molecule has 1 aromatic heterocycles. The second-order valence-electron chi connectivity index (χ2n) is 7.20. The first-order valence-electron chi connectivity index (χ1n) is 9.29. The molecule has 1 atom stereocenters. The number of H-pyrrole nitrogens is 1. The van der Waals surface area contributed by atoms with E-state index in [-0.39, 0.29) is 18.0 Å². The second kappa shape index (κ2) is 7.07. The highest BCUT2D eigenvalue weighted by atomic mass is 16.5. The van der Waals surface area contributed by atoms with Crippen molar-refractivity contribution in [2.45, 2.75) is 50.6 Å². The van der Waals surface area contributed by atoms with Gasteiger partial charge in [0.2, 0.25) is 5.95 Å². The number of ether oxygens (including phenoxy) is 1. The smallest absolute Gasteiger partial charge is 0.355 e. The molecule has 1 aromatic carbocycles. The van der Waals surface area contributed by atoms with E-state index in [2.05, 4.69) is 33.5 Å². The van der Waals surface area contributed by atoms with Gasteiger partial charge in [-0.3, -0.25) is 4.98 Å². The molecule has 2 aromatic rings. The SMILES string of the molecule is CC(Nc1nc(=O)n(C2CCOCC2)c(=O)[nH]1)c1cccc(C2CC2)c1. The van der Waals surface area contributed by atoms with Crippen molar-refractivity contribution >= 4 is 5.95 Å². The van der Waals surface area contributed by atoms with Gasteiger partial charge in [0.05, 0.1) is 6.04 Å². The van der Waals surface area contributed by atoms with Crippen molar-refractivity contribution in [3.63, 3.8) is 0 Å². The van der Waals surface area contributed by atoms with Crippen molar-refractivity contribution in [3.8, 4) is 0 Å². The molecule has 1 unspecified atom stereocenters. The van der Waals surface area contributed by atoms with Gasteiger partial charge in [0.15, 0.2) is 0 Å². The van der Waals surface area contributed by atoms with Crippen LogP contribution in [0, 0.1) is 0 Å². The van der Waals surface area contributed by atoms with Gasteiger partial charge in [-0.15, -0.1) is 0 Å². The molecule has 0 bridgehead atoms. The van der Waals surface area contributed by atoms with E-state index >= 15 is 0 Å². The van der Waals surface area contributed by atoms with Crippen molar-refractivity contribution < 1.29 is 4.74 Å². The number of hydrogen-bond acceptors (Lipinski definition) is 5. The normalized spacial score (nSPS) is 19.3. The Kier molecular flexibility index (Phi) is 4.63. The zero-order valence-corrected chi connectivity index (χ0v) is 14.9. The van der Waals surface area contributed by atoms with Crippen LogP contribution in [0.2, 0.25) is 0 Å². The molecule has 2 fully saturated rings. The maximum atomic E-state index is 12.4. The molecule has 1 saturated carbocycles. The number of benzene rings is 1. The molecular weight excluding hydrogens is 332 g/mol. The number of anilines is 1. The summed E-state index contributed by atoms with van der Waals surface area (Å²) in [5.41, 5.74) is 1.54. The maximum Gasteiger partial charge on any atom is 0.355 e. The Bertz CT molecular complexity index is 863. The summed E-state index contributed by atoms with van der Waals surface area (Å²) in [5, 5.41) is 3.15. The molecule has 2 aliphatic rings. The third-order valence-electron chi connectivity index (χ3n) is 5.23. The Balaban J connectivity index is 1.53. The first-order valence-corrected chi connectivity index (χ1v) is 9.29. The molecule has 138 valence electrons. The van der Waals surface area contributed by atoms with Gasteiger partial charge < -0.3 is 10.1 Å². The van der Waals surface area contributed by atoms with E-state index in [0.29, 0.717) is 32.0 Å². The quantitative estimate of drug-likeness (QED) is 0.858. The van der Waals surface area contributed by atoms with Gasteiger partial charge >= 0.3 is 11.4 Å². The molecule has 0 radical (unpaired) electrons. The summed E-state index contributed by atoms with van der Waals surface area (Å²) < 4.78 is 6.51. The molecule has 7 nitrogen and oxygen atoms in total. The lowest BCUT2D eigenvalue weighted by Crippen LogP contribution is -2.42. The van der Waals surface area contributed by atoms with Crippen LogP contribution in [0.5, 0.6) is 0 Å². The standard InChI is InChI=1S/C19H24N4O3/c1-12(14-3-2-4-15(11-14)13-5-6-13)20-17-21-18(24)23(19(25)22-17)16-7-9-26-10-8-16/h2-4,11-13,16H,5-10H2,1H3,(H2,20,21,22,24,25). The monoisotopic (exact) mass is 356 g/mol. The Morgan fingerprint density at radius 1 is 1.23 bits per heavy atom. The van der Waals surface area contributed by atoms with E-state index in [1.165, 1.54) is 23.0 Å². The lowest BCUT2D eigenvalue weighted by Gasteiger charge is -2.23. The van der Waals surface area contributed by atoms with Gasteiger partial charge in [-0.2, -0.15) is 4.98 Å². The molecule has 1 saturated heterocycles. The fourth-order valence-electron chi connectivity index (χ4n) is 3.55. The third-order valence-corrected chi connectivity index (χ3v) is 5.23. The van der Waals surface area contributed by atoms with Crippen molar-refractivity contribution in [1.29, 1.82) is 0 Å². The van der Waals surface area contributed by atoms with Crippen LogP contribution in [-0.4, -0.2) is 27.7 Å². The Morgan fingerprint density at radius 3 is 2.69 bits per heavy atom. The van der Waals surface area contributed by atoms with Gasteiger partial charge in [0, 0.05) is 19.3 Å². The largest absolute Gasteiger partial charge is 0.381 e. The average molecular weight is 356 g/mol. The Labute approximate surface area is 151 Å². The predicted molar refractivity (Wildman–Crippen MR) is 98.7 cm³/mol. The second-order valence-corrected chi connectivity index (χ2v) is 7.20. The summed E-state index contributed by atoms with van der Waals surface area (Å²) in [4.78, 5) is 31.6. The number of nitrogens with one attached hydrogen (secondary N) is 2. The van der Waals surface area contributed by atoms with Crippen LogP contribution < -0.4 is 16.7 Å². The topological polar surface area (TPSA) is 89.0 Å². The average Bonchev–Trinajstić information content (AvgIpc) is 3.47. The molecule has 0 amide bonds. The third kappa shape index (κ3) is 3.58. The molecule has 4 rings (SSSR count). The van der Waals surface area contributed by atoms with E-state index in [1.54, 1.807) is 0 Å².